The van der Waals surface area contributed by atoms with Crippen molar-refractivity contribution in [2.24, 2.45) is 0 Å². The van der Waals surface area contributed by atoms with Crippen LogP contribution in [0.1, 0.15) is 37.4 Å². The molecule has 184 valence electrons. The van der Waals surface area contributed by atoms with Crippen molar-refractivity contribution < 1.29 is 22.4 Å². The normalized spacial score (nSPS) is 14.5. The first-order valence-corrected chi connectivity index (χ1v) is 11.2. The number of carbonyl (C=O) groups excluding carboxylic acids is 1. The molecule has 0 aliphatic heterocycles. The van der Waals surface area contributed by atoms with Crippen LogP contribution in [0.2, 0.25) is 0 Å². The second-order valence-electron chi connectivity index (χ2n) is 8.67. The fourth-order valence-electron chi connectivity index (χ4n) is 4.11. The number of alkyl halides is 2. The lowest BCUT2D eigenvalue weighted by Gasteiger charge is -2.17. The van der Waals surface area contributed by atoms with E-state index in [1.54, 1.807) is 18.2 Å². The lowest BCUT2D eigenvalue weighted by atomic mass is 9.94. The first-order valence-electron chi connectivity index (χ1n) is 11.2. The summed E-state index contributed by atoms with van der Waals surface area (Å²) in [6.45, 7) is 1.38. The Balaban J connectivity index is 1.46. The molecule has 0 bridgehead atoms. The molecular formula is C25H20F4N6O. The van der Waals surface area contributed by atoms with E-state index in [0.717, 1.165) is 12.1 Å². The predicted octanol–water partition coefficient (Wildman–Crippen LogP) is 5.38. The summed E-state index contributed by atoms with van der Waals surface area (Å²) in [6, 6.07) is 11.3. The molecule has 11 heteroatoms. The fraction of sp³-hybridized carbons (Fsp3) is 0.240. The number of tetrazole rings is 1. The quantitative estimate of drug-likeness (QED) is 0.335. The summed E-state index contributed by atoms with van der Waals surface area (Å²) >= 11 is 0. The highest BCUT2D eigenvalue weighted by atomic mass is 19.3. The summed E-state index contributed by atoms with van der Waals surface area (Å²) in [5.41, 5.74) is 1.23. The number of nitrogens with zero attached hydrogens (tertiary/aromatic N) is 4. The predicted molar refractivity (Wildman–Crippen MR) is 123 cm³/mol. The third-order valence-corrected chi connectivity index (χ3v) is 6.43. The zero-order valence-corrected chi connectivity index (χ0v) is 19.0. The minimum atomic E-state index is -3.03. The third kappa shape index (κ3) is 4.21. The second-order valence-corrected chi connectivity index (χ2v) is 8.67. The zero-order chi connectivity index (χ0) is 25.5. The summed E-state index contributed by atoms with van der Waals surface area (Å²) in [5.74, 6) is -5.07. The molecule has 4 aromatic rings. The first kappa shape index (κ1) is 23.6. The van der Waals surface area contributed by atoms with Crippen LogP contribution in [0.15, 0.2) is 54.7 Å². The Morgan fingerprint density at radius 3 is 2.47 bits per heavy atom. The molecule has 7 nitrogen and oxygen atoms in total. The van der Waals surface area contributed by atoms with Crippen molar-refractivity contribution in [1.29, 1.82) is 0 Å². The van der Waals surface area contributed by atoms with E-state index in [-0.39, 0.29) is 18.0 Å². The summed E-state index contributed by atoms with van der Waals surface area (Å²) in [5, 5.41) is 16.6. The van der Waals surface area contributed by atoms with Crippen molar-refractivity contribution in [2.75, 3.05) is 5.32 Å². The number of anilines is 1. The first-order chi connectivity index (χ1) is 17.2. The van der Waals surface area contributed by atoms with Gasteiger partial charge in [-0.05, 0) is 64.7 Å². The minimum absolute atomic E-state index is 0.297. The smallest absolute Gasteiger partial charge is 0.289 e. The number of amides is 1. The van der Waals surface area contributed by atoms with E-state index in [1.807, 2.05) is 0 Å². The number of nitrogens with one attached hydrogen (secondary N) is 2. The molecule has 1 aliphatic carbocycles. The van der Waals surface area contributed by atoms with Gasteiger partial charge in [-0.15, -0.1) is 5.10 Å². The summed E-state index contributed by atoms with van der Waals surface area (Å²) < 4.78 is 55.1. The number of hydrogen-bond acceptors (Lipinski definition) is 5. The maximum absolute atomic E-state index is 14.0. The van der Waals surface area contributed by atoms with Crippen LogP contribution in [-0.2, 0) is 16.1 Å². The molecule has 0 atom stereocenters. The van der Waals surface area contributed by atoms with Crippen LogP contribution in [0.4, 0.5) is 23.2 Å². The van der Waals surface area contributed by atoms with Gasteiger partial charge in [0.05, 0.1) is 5.41 Å². The van der Waals surface area contributed by atoms with Crippen molar-refractivity contribution >= 4 is 11.6 Å². The Bertz CT molecular complexity index is 1420. The Morgan fingerprint density at radius 2 is 1.86 bits per heavy atom. The van der Waals surface area contributed by atoms with Crippen molar-refractivity contribution in [2.45, 2.75) is 37.5 Å². The van der Waals surface area contributed by atoms with Crippen LogP contribution >= 0.6 is 0 Å². The van der Waals surface area contributed by atoms with Gasteiger partial charge in [0.1, 0.15) is 5.69 Å². The number of benzene rings is 2. The average Bonchev–Trinajstić information content (AvgIpc) is 3.52. The molecule has 2 aromatic carbocycles. The maximum Gasteiger partial charge on any atom is 0.289 e. The SMILES string of the molecule is CCC(F)(F)c1ccc(-c2ccc(NC(=O)C3(c4ccc(F)c(F)c4)CC3)cc2-c2nnn[nH]2)cn1. The fourth-order valence-corrected chi connectivity index (χ4v) is 4.11. The van der Waals surface area contributed by atoms with Gasteiger partial charge < -0.3 is 5.32 Å². The van der Waals surface area contributed by atoms with Gasteiger partial charge in [0, 0.05) is 29.4 Å². The lowest BCUT2D eigenvalue weighted by molar-refractivity contribution is -0.118. The molecule has 0 unspecified atom stereocenters. The number of halogens is 4. The van der Waals surface area contributed by atoms with Gasteiger partial charge in [0.25, 0.3) is 5.92 Å². The van der Waals surface area contributed by atoms with E-state index < -0.39 is 23.0 Å². The van der Waals surface area contributed by atoms with Gasteiger partial charge in [0.2, 0.25) is 5.91 Å². The van der Waals surface area contributed by atoms with Crippen molar-refractivity contribution in [1.82, 2.24) is 25.6 Å². The molecule has 1 aliphatic rings. The standard InChI is InChI=1S/C25H20F4N6O/c1-2-25(28,29)21-8-3-14(13-30-21)17-6-5-16(12-18(17)22-32-34-35-33-22)31-23(36)24(9-10-24)15-4-7-19(26)20(27)11-15/h3-8,11-13H,2,9-10H2,1H3,(H,31,36)(H,32,33,34,35). The molecule has 2 heterocycles. The van der Waals surface area contributed by atoms with Crippen molar-refractivity contribution in [3.8, 4) is 22.5 Å². The molecule has 2 aromatic heterocycles. The van der Waals surface area contributed by atoms with Crippen LogP contribution in [0.3, 0.4) is 0 Å². The third-order valence-electron chi connectivity index (χ3n) is 6.43. The number of hydrogen-bond donors (Lipinski definition) is 2. The molecule has 0 saturated heterocycles. The second kappa shape index (κ2) is 8.81. The average molecular weight is 496 g/mol. The highest BCUT2D eigenvalue weighted by molar-refractivity contribution is 6.02. The number of rotatable bonds is 7. The van der Waals surface area contributed by atoms with Gasteiger partial charge in [-0.3, -0.25) is 9.78 Å². The molecule has 1 saturated carbocycles. The Labute approximate surface area is 203 Å². The highest BCUT2D eigenvalue weighted by Gasteiger charge is 2.51. The largest absolute Gasteiger partial charge is 0.325 e. The van der Waals surface area contributed by atoms with Crippen LogP contribution in [0.5, 0.6) is 0 Å². The minimum Gasteiger partial charge on any atom is -0.325 e. The summed E-state index contributed by atoms with van der Waals surface area (Å²) in [7, 11) is 0. The monoisotopic (exact) mass is 496 g/mol. The lowest BCUT2D eigenvalue weighted by Crippen LogP contribution is -2.28. The molecule has 36 heavy (non-hydrogen) atoms. The topological polar surface area (TPSA) is 96.5 Å². The molecule has 1 amide bonds. The van der Waals surface area contributed by atoms with Gasteiger partial charge in [-0.25, -0.2) is 13.9 Å². The van der Waals surface area contributed by atoms with Crippen molar-refractivity contribution in [3.05, 3.63) is 77.6 Å². The molecule has 2 N–H and O–H groups in total. The van der Waals surface area contributed by atoms with E-state index in [4.69, 9.17) is 0 Å². The maximum atomic E-state index is 14.0. The molecule has 1 fully saturated rings. The van der Waals surface area contributed by atoms with E-state index in [1.165, 1.54) is 31.3 Å². The van der Waals surface area contributed by atoms with E-state index in [2.05, 4.69) is 30.9 Å². The number of aromatic nitrogens is 5. The Morgan fingerprint density at radius 1 is 1.06 bits per heavy atom. The van der Waals surface area contributed by atoms with Gasteiger partial charge in [0.15, 0.2) is 17.5 Å². The van der Waals surface area contributed by atoms with Crippen molar-refractivity contribution in [3.63, 3.8) is 0 Å². The van der Waals surface area contributed by atoms with Crippen LogP contribution in [0, 0.1) is 11.6 Å². The summed E-state index contributed by atoms with van der Waals surface area (Å²) in [6.07, 6.45) is 1.99. The van der Waals surface area contributed by atoms with E-state index in [0.29, 0.717) is 46.6 Å². The van der Waals surface area contributed by atoms with Gasteiger partial charge >= 0.3 is 0 Å². The van der Waals surface area contributed by atoms with Crippen LogP contribution < -0.4 is 5.32 Å². The number of carbonyl (C=O) groups is 1. The molecule has 0 spiro atoms. The molecular weight excluding hydrogens is 476 g/mol. The van der Waals surface area contributed by atoms with Gasteiger partial charge in [-0.2, -0.15) is 8.78 Å². The van der Waals surface area contributed by atoms with E-state index >= 15 is 0 Å². The van der Waals surface area contributed by atoms with Crippen LogP contribution in [0.25, 0.3) is 22.5 Å². The molecule has 0 radical (unpaired) electrons. The highest BCUT2D eigenvalue weighted by Crippen LogP contribution is 2.49. The Hall–Kier alpha value is -4.15. The summed E-state index contributed by atoms with van der Waals surface area (Å²) in [4.78, 5) is 17.1. The number of pyridine rings is 1. The Kier molecular flexibility index (Phi) is 5.77. The molecule has 5 rings (SSSR count). The number of H-pyrrole nitrogens is 1. The van der Waals surface area contributed by atoms with E-state index in [9.17, 15) is 22.4 Å². The number of aromatic amines is 1. The zero-order valence-electron chi connectivity index (χ0n) is 19.0. The van der Waals surface area contributed by atoms with Gasteiger partial charge in [-0.1, -0.05) is 25.1 Å². The van der Waals surface area contributed by atoms with Crippen LogP contribution in [-0.4, -0.2) is 31.5 Å².